The first-order valence-corrected chi connectivity index (χ1v) is 11.3. The van der Waals surface area contributed by atoms with Gasteiger partial charge in [0.1, 0.15) is 0 Å². The lowest BCUT2D eigenvalue weighted by Crippen LogP contribution is -2.53. The van der Waals surface area contributed by atoms with Gasteiger partial charge in [-0.1, -0.05) is 0 Å². The molecule has 0 saturated carbocycles. The van der Waals surface area contributed by atoms with E-state index in [0.29, 0.717) is 39.0 Å². The minimum atomic E-state index is -3.19. The molecule has 2 rings (SSSR count). The third-order valence-electron chi connectivity index (χ3n) is 5.00. The van der Waals surface area contributed by atoms with E-state index in [1.165, 1.54) is 12.0 Å². The van der Waals surface area contributed by atoms with Crippen LogP contribution in [0.3, 0.4) is 0 Å². The van der Waals surface area contributed by atoms with Crippen LogP contribution in [0.2, 0.25) is 0 Å². The zero-order chi connectivity index (χ0) is 20.7. The molecular weight excluding hydrogens is 390 g/mol. The number of piperidine rings is 1. The average molecular weight is 420 g/mol. The van der Waals surface area contributed by atoms with Crippen molar-refractivity contribution in [2.75, 3.05) is 51.5 Å². The number of ether oxygens (including phenoxy) is 2. The number of methoxy groups -OCH3 is 1. The summed E-state index contributed by atoms with van der Waals surface area (Å²) in [5.41, 5.74) is 0. The quantitative estimate of drug-likeness (QED) is 0.570. The average Bonchev–Trinajstić information content (AvgIpc) is 3.02. The molecule has 11 heteroatoms. The molecule has 0 spiro atoms. The lowest BCUT2D eigenvalue weighted by molar-refractivity contribution is -0.148. The second-order valence-corrected chi connectivity index (χ2v) is 9.21. The molecule has 2 fully saturated rings. The smallest absolute Gasteiger partial charge is 0.409 e. The predicted molar refractivity (Wildman–Crippen MR) is 100 cm³/mol. The van der Waals surface area contributed by atoms with Crippen molar-refractivity contribution in [1.82, 2.24) is 15.1 Å². The number of hydrogen-bond donors (Lipinski definition) is 1. The lowest BCUT2D eigenvalue weighted by Gasteiger charge is -2.32. The maximum absolute atomic E-state index is 12.7. The Morgan fingerprint density at radius 3 is 2.39 bits per heavy atom. The van der Waals surface area contributed by atoms with Gasteiger partial charge in [-0.15, -0.1) is 0 Å². The van der Waals surface area contributed by atoms with E-state index in [9.17, 15) is 22.8 Å². The van der Waals surface area contributed by atoms with E-state index >= 15 is 0 Å². The topological polar surface area (TPSA) is 122 Å². The van der Waals surface area contributed by atoms with Crippen LogP contribution in [0.15, 0.2) is 0 Å². The number of nitrogens with one attached hydrogen (secondary N) is 1. The van der Waals surface area contributed by atoms with Crippen LogP contribution in [-0.4, -0.2) is 99.7 Å². The fraction of sp³-hybridized carbons (Fsp3) is 0.824. The fourth-order valence-corrected chi connectivity index (χ4v) is 5.19. The monoisotopic (exact) mass is 419 g/mol. The van der Waals surface area contributed by atoms with Gasteiger partial charge in [0, 0.05) is 38.8 Å². The Morgan fingerprint density at radius 1 is 1.18 bits per heavy atom. The van der Waals surface area contributed by atoms with Crippen molar-refractivity contribution in [3.05, 3.63) is 0 Å². The van der Waals surface area contributed by atoms with Gasteiger partial charge in [-0.3, -0.25) is 9.59 Å². The summed E-state index contributed by atoms with van der Waals surface area (Å²) >= 11 is 0. The first kappa shape index (κ1) is 22.4. The predicted octanol–water partition coefficient (Wildman–Crippen LogP) is -0.614. The van der Waals surface area contributed by atoms with Crippen LogP contribution in [0.1, 0.15) is 26.2 Å². The van der Waals surface area contributed by atoms with Crippen molar-refractivity contribution in [3.8, 4) is 0 Å². The summed E-state index contributed by atoms with van der Waals surface area (Å²) in [5.74, 6) is -1.61. The molecule has 1 unspecified atom stereocenters. The van der Waals surface area contributed by atoms with Crippen molar-refractivity contribution in [2.24, 2.45) is 0 Å². The van der Waals surface area contributed by atoms with E-state index in [4.69, 9.17) is 9.47 Å². The largest absolute Gasteiger partial charge is 0.450 e. The normalized spacial score (nSPS) is 21.9. The minimum absolute atomic E-state index is 0.0162. The minimum Gasteiger partial charge on any atom is -0.450 e. The molecular formula is C17H29N3O7S. The zero-order valence-electron chi connectivity index (χ0n) is 16.4. The number of likely N-dealkylation sites (tertiary alicyclic amines) is 1. The Hall–Kier alpha value is -1.88. The molecule has 0 bridgehead atoms. The van der Waals surface area contributed by atoms with E-state index in [2.05, 4.69) is 5.32 Å². The summed E-state index contributed by atoms with van der Waals surface area (Å²) in [7, 11) is -1.71. The van der Waals surface area contributed by atoms with Crippen LogP contribution in [0.5, 0.6) is 0 Å². The van der Waals surface area contributed by atoms with Crippen molar-refractivity contribution in [1.29, 1.82) is 0 Å². The van der Waals surface area contributed by atoms with E-state index in [0.717, 1.165) is 0 Å². The molecule has 160 valence electrons. The van der Waals surface area contributed by atoms with Gasteiger partial charge in [0.2, 0.25) is 0 Å². The highest BCUT2D eigenvalue weighted by molar-refractivity contribution is 7.91. The van der Waals surface area contributed by atoms with Gasteiger partial charge in [0.25, 0.3) is 0 Å². The van der Waals surface area contributed by atoms with E-state index < -0.39 is 27.7 Å². The summed E-state index contributed by atoms with van der Waals surface area (Å²) < 4.78 is 33.4. The van der Waals surface area contributed by atoms with Gasteiger partial charge in [-0.2, -0.15) is 0 Å². The Morgan fingerprint density at radius 2 is 1.86 bits per heavy atom. The van der Waals surface area contributed by atoms with Gasteiger partial charge in [-0.05, 0) is 26.2 Å². The van der Waals surface area contributed by atoms with Gasteiger partial charge >= 0.3 is 17.9 Å². The van der Waals surface area contributed by atoms with Crippen LogP contribution < -0.4 is 5.32 Å². The van der Waals surface area contributed by atoms with Crippen molar-refractivity contribution >= 4 is 27.7 Å². The number of amides is 3. The highest BCUT2D eigenvalue weighted by atomic mass is 32.2. The van der Waals surface area contributed by atoms with Crippen LogP contribution in [0, 0.1) is 0 Å². The highest BCUT2D eigenvalue weighted by Crippen LogP contribution is 2.18. The Labute approximate surface area is 165 Å². The van der Waals surface area contributed by atoms with E-state index in [1.54, 1.807) is 11.8 Å². The Kier molecular flexibility index (Phi) is 8.05. The summed E-state index contributed by atoms with van der Waals surface area (Å²) in [4.78, 5) is 39.7. The SMILES string of the molecule is CCOC(=O)N1CCC(NC(=O)C(=O)N(CCOC)C2CCS(=O)(=O)C2)CC1. The van der Waals surface area contributed by atoms with Crippen molar-refractivity contribution < 1.29 is 32.3 Å². The Balaban J connectivity index is 1.90. The molecule has 0 aromatic rings. The van der Waals surface area contributed by atoms with Gasteiger partial charge in [0.15, 0.2) is 9.84 Å². The number of carbonyl (C=O) groups is 3. The first-order valence-electron chi connectivity index (χ1n) is 9.50. The maximum Gasteiger partial charge on any atom is 0.409 e. The molecule has 2 heterocycles. The fourth-order valence-electron chi connectivity index (χ4n) is 3.46. The summed E-state index contributed by atoms with van der Waals surface area (Å²) in [5, 5.41) is 2.71. The first-order chi connectivity index (χ1) is 13.3. The number of sulfone groups is 1. The van der Waals surface area contributed by atoms with Gasteiger partial charge in [0.05, 0.1) is 24.7 Å². The number of hydrogen-bond acceptors (Lipinski definition) is 7. The van der Waals surface area contributed by atoms with Crippen LogP contribution in [0.25, 0.3) is 0 Å². The van der Waals surface area contributed by atoms with E-state index in [1.807, 2.05) is 0 Å². The molecule has 0 radical (unpaired) electrons. The van der Waals surface area contributed by atoms with Crippen LogP contribution in [0.4, 0.5) is 4.79 Å². The third kappa shape index (κ3) is 6.06. The standard InChI is InChI=1S/C17H29N3O7S/c1-3-27-17(23)19-7-4-13(5-8-19)18-15(21)16(22)20(9-10-26-2)14-6-11-28(24,25)12-14/h13-14H,3-12H2,1-2H3,(H,18,21). The van der Waals surface area contributed by atoms with Crippen molar-refractivity contribution in [3.63, 3.8) is 0 Å². The Bertz CT molecular complexity index is 674. The van der Waals surface area contributed by atoms with Gasteiger partial charge < -0.3 is 24.6 Å². The summed E-state index contributed by atoms with van der Waals surface area (Å²) in [6, 6.07) is -0.734. The summed E-state index contributed by atoms with van der Waals surface area (Å²) in [6.07, 6.45) is 0.987. The number of nitrogens with zero attached hydrogens (tertiary/aromatic N) is 2. The number of rotatable bonds is 6. The molecule has 1 atom stereocenters. The highest BCUT2D eigenvalue weighted by Gasteiger charge is 2.37. The molecule has 0 aromatic heterocycles. The molecule has 3 amide bonds. The molecule has 2 aliphatic heterocycles. The molecule has 0 aromatic carbocycles. The lowest BCUT2D eigenvalue weighted by atomic mass is 10.1. The molecule has 2 aliphatic rings. The molecule has 1 N–H and O–H groups in total. The second-order valence-electron chi connectivity index (χ2n) is 6.98. The van der Waals surface area contributed by atoms with E-state index in [-0.39, 0.29) is 36.8 Å². The number of carbonyl (C=O) groups excluding carboxylic acids is 3. The molecule has 28 heavy (non-hydrogen) atoms. The van der Waals surface area contributed by atoms with Crippen LogP contribution in [-0.2, 0) is 28.9 Å². The zero-order valence-corrected chi connectivity index (χ0v) is 17.2. The maximum atomic E-state index is 12.7. The van der Waals surface area contributed by atoms with Gasteiger partial charge in [-0.25, -0.2) is 13.2 Å². The molecule has 10 nitrogen and oxygen atoms in total. The molecule has 0 aliphatic carbocycles. The molecule has 2 saturated heterocycles. The van der Waals surface area contributed by atoms with Crippen molar-refractivity contribution in [2.45, 2.75) is 38.3 Å². The third-order valence-corrected chi connectivity index (χ3v) is 6.75. The van der Waals surface area contributed by atoms with Crippen LogP contribution >= 0.6 is 0 Å². The second kappa shape index (κ2) is 10.1. The summed E-state index contributed by atoms with van der Waals surface area (Å²) in [6.45, 7) is 3.29.